The molecule has 0 unspecified atom stereocenters. The Morgan fingerprint density at radius 1 is 1.05 bits per heavy atom. The molecule has 0 saturated heterocycles. The topological polar surface area (TPSA) is 55.4 Å². The van der Waals surface area contributed by atoms with Crippen LogP contribution < -0.4 is 5.32 Å². The van der Waals surface area contributed by atoms with Crippen LogP contribution >= 0.6 is 0 Å². The van der Waals surface area contributed by atoms with Crippen molar-refractivity contribution in [2.75, 3.05) is 7.11 Å². The molecule has 2 aromatic carbocycles. The molecule has 4 nitrogen and oxygen atoms in total. The maximum Gasteiger partial charge on any atom is 0.328 e. The molecule has 1 amide bonds. The Bertz CT molecular complexity index is 635. The molecular formula is C18H19NO3. The van der Waals surface area contributed by atoms with Crippen molar-refractivity contribution < 1.29 is 14.3 Å². The fraction of sp³-hybridized carbons (Fsp3) is 0.222. The molecule has 1 N–H and O–H groups in total. The molecule has 0 spiro atoms. The molecule has 0 radical (unpaired) electrons. The van der Waals surface area contributed by atoms with E-state index in [1.165, 1.54) is 7.11 Å². The van der Waals surface area contributed by atoms with E-state index in [-0.39, 0.29) is 5.91 Å². The highest BCUT2D eigenvalue weighted by Crippen LogP contribution is 2.07. The predicted molar refractivity (Wildman–Crippen MR) is 84.6 cm³/mol. The van der Waals surface area contributed by atoms with E-state index in [9.17, 15) is 9.59 Å². The standard InChI is InChI=1S/C18H19NO3/c1-13-8-10-15(11-9-13)17(20)19-16(18(21)22-2)12-14-6-4-3-5-7-14/h3-11,16H,12H2,1-2H3,(H,19,20)/t16-/m0/s1. The summed E-state index contributed by atoms with van der Waals surface area (Å²) in [7, 11) is 1.32. The van der Waals surface area contributed by atoms with Crippen molar-refractivity contribution in [2.24, 2.45) is 0 Å². The number of benzene rings is 2. The van der Waals surface area contributed by atoms with Crippen molar-refractivity contribution in [3.05, 3.63) is 71.3 Å². The highest BCUT2D eigenvalue weighted by molar-refractivity contribution is 5.96. The van der Waals surface area contributed by atoms with Gasteiger partial charge in [0.05, 0.1) is 7.11 Å². The molecule has 4 heteroatoms. The lowest BCUT2D eigenvalue weighted by atomic mass is 10.1. The van der Waals surface area contributed by atoms with Crippen LogP contribution in [0.4, 0.5) is 0 Å². The number of esters is 1. The van der Waals surface area contributed by atoms with Crippen LogP contribution in [0.15, 0.2) is 54.6 Å². The largest absolute Gasteiger partial charge is 0.467 e. The van der Waals surface area contributed by atoms with Gasteiger partial charge < -0.3 is 10.1 Å². The van der Waals surface area contributed by atoms with Crippen LogP contribution in [0.1, 0.15) is 21.5 Å². The number of rotatable bonds is 5. The van der Waals surface area contributed by atoms with Gasteiger partial charge >= 0.3 is 5.97 Å². The Hall–Kier alpha value is -2.62. The lowest BCUT2D eigenvalue weighted by Gasteiger charge is -2.16. The lowest BCUT2D eigenvalue weighted by Crippen LogP contribution is -2.43. The number of amides is 1. The molecule has 2 aromatic rings. The van der Waals surface area contributed by atoms with E-state index in [1.807, 2.05) is 49.4 Å². The van der Waals surface area contributed by atoms with E-state index in [2.05, 4.69) is 5.32 Å². The first-order chi connectivity index (χ1) is 10.6. The predicted octanol–water partition coefficient (Wildman–Crippen LogP) is 2.51. The number of carbonyl (C=O) groups excluding carboxylic acids is 2. The van der Waals surface area contributed by atoms with Gasteiger partial charge in [-0.1, -0.05) is 48.0 Å². The lowest BCUT2D eigenvalue weighted by molar-refractivity contribution is -0.142. The first-order valence-corrected chi connectivity index (χ1v) is 7.09. The van der Waals surface area contributed by atoms with Crippen molar-refractivity contribution in [1.29, 1.82) is 0 Å². The summed E-state index contributed by atoms with van der Waals surface area (Å²) in [4.78, 5) is 24.2. The van der Waals surface area contributed by atoms with Gasteiger partial charge in [0.15, 0.2) is 0 Å². The van der Waals surface area contributed by atoms with Gasteiger partial charge in [0, 0.05) is 12.0 Å². The van der Waals surface area contributed by atoms with E-state index in [1.54, 1.807) is 12.1 Å². The third kappa shape index (κ3) is 4.19. The number of nitrogens with one attached hydrogen (secondary N) is 1. The average Bonchev–Trinajstić information content (AvgIpc) is 2.55. The van der Waals surface area contributed by atoms with Crippen LogP contribution in [0.25, 0.3) is 0 Å². The van der Waals surface area contributed by atoms with Gasteiger partial charge in [-0.05, 0) is 24.6 Å². The quantitative estimate of drug-likeness (QED) is 0.863. The number of carbonyl (C=O) groups is 2. The van der Waals surface area contributed by atoms with Gasteiger partial charge in [-0.15, -0.1) is 0 Å². The number of ether oxygens (including phenoxy) is 1. The molecule has 0 aliphatic rings. The summed E-state index contributed by atoms with van der Waals surface area (Å²) in [5, 5.41) is 2.74. The van der Waals surface area contributed by atoms with Gasteiger partial charge in [0.2, 0.25) is 0 Å². The van der Waals surface area contributed by atoms with Crippen molar-refractivity contribution in [3.63, 3.8) is 0 Å². The summed E-state index contributed by atoms with van der Waals surface area (Å²) in [5.74, 6) is -0.740. The van der Waals surface area contributed by atoms with Crippen LogP contribution in [0.5, 0.6) is 0 Å². The van der Waals surface area contributed by atoms with Crippen molar-refractivity contribution in [2.45, 2.75) is 19.4 Å². The minimum atomic E-state index is -0.707. The van der Waals surface area contributed by atoms with Crippen LogP contribution in [0, 0.1) is 6.92 Å². The fourth-order valence-corrected chi connectivity index (χ4v) is 2.13. The minimum absolute atomic E-state index is 0.286. The van der Waals surface area contributed by atoms with E-state index in [0.29, 0.717) is 12.0 Å². The number of hydrogen-bond acceptors (Lipinski definition) is 3. The van der Waals surface area contributed by atoms with Gasteiger partial charge in [0.25, 0.3) is 5.91 Å². The first kappa shape index (κ1) is 15.8. The Kier molecular flexibility index (Phi) is 5.31. The number of methoxy groups -OCH3 is 1. The molecule has 0 aliphatic heterocycles. The molecule has 0 fully saturated rings. The first-order valence-electron chi connectivity index (χ1n) is 7.09. The molecule has 114 valence electrons. The molecule has 0 aliphatic carbocycles. The summed E-state index contributed by atoms with van der Waals surface area (Å²) in [6.45, 7) is 1.95. The third-order valence-corrected chi connectivity index (χ3v) is 3.39. The van der Waals surface area contributed by atoms with E-state index >= 15 is 0 Å². The maximum atomic E-state index is 12.3. The summed E-state index contributed by atoms with van der Waals surface area (Å²) in [6, 6.07) is 16.0. The molecule has 1 atom stereocenters. The van der Waals surface area contributed by atoms with Crippen molar-refractivity contribution in [3.8, 4) is 0 Å². The second-order valence-corrected chi connectivity index (χ2v) is 5.10. The van der Waals surface area contributed by atoms with Gasteiger partial charge in [0.1, 0.15) is 6.04 Å². The molecule has 22 heavy (non-hydrogen) atoms. The van der Waals surface area contributed by atoms with E-state index in [4.69, 9.17) is 4.74 Å². The molecule has 2 rings (SSSR count). The SMILES string of the molecule is COC(=O)[C@H](Cc1ccccc1)NC(=O)c1ccc(C)cc1. The maximum absolute atomic E-state index is 12.3. The third-order valence-electron chi connectivity index (χ3n) is 3.39. The zero-order chi connectivity index (χ0) is 15.9. The van der Waals surface area contributed by atoms with Gasteiger partial charge in [-0.2, -0.15) is 0 Å². The Morgan fingerprint density at radius 2 is 1.68 bits per heavy atom. The highest BCUT2D eigenvalue weighted by atomic mass is 16.5. The minimum Gasteiger partial charge on any atom is -0.467 e. The van der Waals surface area contributed by atoms with E-state index < -0.39 is 12.0 Å². The summed E-state index contributed by atoms with van der Waals surface area (Å²) in [5.41, 5.74) is 2.56. The average molecular weight is 297 g/mol. The monoisotopic (exact) mass is 297 g/mol. The zero-order valence-corrected chi connectivity index (χ0v) is 12.7. The molecule has 0 bridgehead atoms. The number of hydrogen-bond donors (Lipinski definition) is 1. The summed E-state index contributed by atoms with van der Waals surface area (Å²) < 4.78 is 4.79. The summed E-state index contributed by atoms with van der Waals surface area (Å²) >= 11 is 0. The van der Waals surface area contributed by atoms with E-state index in [0.717, 1.165) is 11.1 Å². The van der Waals surface area contributed by atoms with Crippen LogP contribution in [-0.4, -0.2) is 25.0 Å². The molecular weight excluding hydrogens is 278 g/mol. The second-order valence-electron chi connectivity index (χ2n) is 5.10. The summed E-state index contributed by atoms with van der Waals surface area (Å²) in [6.07, 6.45) is 0.394. The Balaban J connectivity index is 2.11. The van der Waals surface area contributed by atoms with Crippen LogP contribution in [0.3, 0.4) is 0 Å². The highest BCUT2D eigenvalue weighted by Gasteiger charge is 2.22. The number of aryl methyl sites for hydroxylation is 1. The second kappa shape index (κ2) is 7.41. The van der Waals surface area contributed by atoms with Crippen molar-refractivity contribution >= 4 is 11.9 Å². The fourth-order valence-electron chi connectivity index (χ4n) is 2.13. The normalized spacial score (nSPS) is 11.5. The molecule has 0 saturated carbocycles. The smallest absolute Gasteiger partial charge is 0.328 e. The molecule has 0 aromatic heterocycles. The van der Waals surface area contributed by atoms with Crippen LogP contribution in [-0.2, 0) is 16.0 Å². The Labute approximate surface area is 130 Å². The Morgan fingerprint density at radius 3 is 2.27 bits per heavy atom. The van der Waals surface area contributed by atoms with Gasteiger partial charge in [-0.25, -0.2) is 4.79 Å². The van der Waals surface area contributed by atoms with Crippen molar-refractivity contribution in [1.82, 2.24) is 5.32 Å². The van der Waals surface area contributed by atoms with Crippen LogP contribution in [0.2, 0.25) is 0 Å². The molecule has 0 heterocycles. The zero-order valence-electron chi connectivity index (χ0n) is 12.7. The van der Waals surface area contributed by atoms with Gasteiger partial charge in [-0.3, -0.25) is 4.79 Å².